The molecule has 104 valence electrons. The molecule has 1 aromatic heterocycles. The van der Waals surface area contributed by atoms with E-state index in [1.807, 2.05) is 37.3 Å². The van der Waals surface area contributed by atoms with Crippen molar-refractivity contribution in [3.05, 3.63) is 53.9 Å². The molecule has 0 saturated heterocycles. The number of halogens is 3. The minimum atomic E-state index is 0.832. The van der Waals surface area contributed by atoms with Crippen molar-refractivity contribution in [2.75, 3.05) is 5.73 Å². The van der Waals surface area contributed by atoms with Crippen LogP contribution in [-0.4, -0.2) is 4.98 Å². The number of nitrogen functional groups attached to an aromatic ring is 1. The van der Waals surface area contributed by atoms with Gasteiger partial charge in [0.15, 0.2) is 0 Å². The maximum atomic E-state index is 5.56. The number of anilines is 1. The molecule has 2 nitrogen and oxygen atoms in total. The van der Waals surface area contributed by atoms with E-state index < -0.39 is 0 Å². The molecule has 0 atom stereocenters. The van der Waals surface area contributed by atoms with Gasteiger partial charge in [-0.25, -0.2) is 4.98 Å². The van der Waals surface area contributed by atoms with E-state index in [0.717, 1.165) is 28.7 Å². The van der Waals surface area contributed by atoms with E-state index in [4.69, 9.17) is 5.73 Å². The highest BCUT2D eigenvalue weighted by molar-refractivity contribution is 14.1. The van der Waals surface area contributed by atoms with Gasteiger partial charge >= 0.3 is 0 Å². The fourth-order valence-electron chi connectivity index (χ4n) is 1.52. The highest BCUT2D eigenvalue weighted by Crippen LogP contribution is 2.24. The number of fused-ring (bicyclic) bond motifs is 1. The third-order valence-electron chi connectivity index (χ3n) is 2.42. The summed E-state index contributed by atoms with van der Waals surface area (Å²) >= 11 is 10.7. The van der Waals surface area contributed by atoms with Crippen LogP contribution >= 0.6 is 65.8 Å². The molecular weight excluding hydrogens is 515 g/mol. The van der Waals surface area contributed by atoms with Crippen molar-refractivity contribution in [2.24, 2.45) is 0 Å². The summed E-state index contributed by atoms with van der Waals surface area (Å²) in [4.78, 5) is 4.35. The van der Waals surface area contributed by atoms with Crippen LogP contribution in [0, 0.1) is 10.5 Å². The van der Waals surface area contributed by atoms with Crippen LogP contribution in [0.25, 0.3) is 10.2 Å². The second-order valence-electron chi connectivity index (χ2n) is 4.01. The van der Waals surface area contributed by atoms with Crippen molar-refractivity contribution in [1.29, 1.82) is 0 Å². The molecule has 3 rings (SSSR count). The highest BCUT2D eigenvalue weighted by atomic mass is 127. The van der Waals surface area contributed by atoms with E-state index in [1.54, 1.807) is 11.3 Å². The van der Waals surface area contributed by atoms with Crippen molar-refractivity contribution in [3.8, 4) is 0 Å². The number of nitrogens with two attached hydrogens (primary N) is 1. The standard InChI is InChI=1S/C8H6BrNS.C6H5BrIN/c1-5-10-7-3-2-6(9)4-8(7)11-5;7-4-1-2-6(9)5(8)3-4/h2-4H,1H3;1-3H,9H2. The summed E-state index contributed by atoms with van der Waals surface area (Å²) in [6.45, 7) is 2.03. The predicted octanol–water partition coefficient (Wildman–Crippen LogP) is 6.00. The number of thiazole rings is 1. The van der Waals surface area contributed by atoms with Gasteiger partial charge in [0.05, 0.1) is 15.2 Å². The van der Waals surface area contributed by atoms with Crippen molar-refractivity contribution < 1.29 is 0 Å². The van der Waals surface area contributed by atoms with Crippen LogP contribution in [0.15, 0.2) is 45.3 Å². The topological polar surface area (TPSA) is 38.9 Å². The Balaban J connectivity index is 0.000000151. The number of aryl methyl sites for hydroxylation is 1. The molecule has 1 heterocycles. The predicted molar refractivity (Wildman–Crippen MR) is 103 cm³/mol. The van der Waals surface area contributed by atoms with E-state index in [0.29, 0.717) is 0 Å². The maximum Gasteiger partial charge on any atom is 0.0907 e. The summed E-state index contributed by atoms with van der Waals surface area (Å²) in [5, 5.41) is 1.12. The Morgan fingerprint density at radius 2 is 1.75 bits per heavy atom. The zero-order valence-electron chi connectivity index (χ0n) is 10.5. The molecule has 0 radical (unpaired) electrons. The molecule has 0 amide bonds. The normalized spacial score (nSPS) is 10.2. The second kappa shape index (κ2) is 7.20. The monoisotopic (exact) mass is 524 g/mol. The molecule has 20 heavy (non-hydrogen) atoms. The minimum Gasteiger partial charge on any atom is -0.398 e. The van der Waals surface area contributed by atoms with Crippen LogP contribution in [0.1, 0.15) is 5.01 Å². The molecule has 0 fully saturated rings. The van der Waals surface area contributed by atoms with Crippen LogP contribution in [0.5, 0.6) is 0 Å². The van der Waals surface area contributed by atoms with Gasteiger partial charge in [0.2, 0.25) is 0 Å². The van der Waals surface area contributed by atoms with Gasteiger partial charge in [-0.05, 0) is 65.9 Å². The summed E-state index contributed by atoms with van der Waals surface area (Å²) in [5.41, 5.74) is 7.49. The van der Waals surface area contributed by atoms with E-state index in [9.17, 15) is 0 Å². The summed E-state index contributed by atoms with van der Waals surface area (Å²) in [5.74, 6) is 0. The van der Waals surface area contributed by atoms with Gasteiger partial charge in [-0.1, -0.05) is 31.9 Å². The lowest BCUT2D eigenvalue weighted by atomic mass is 10.3. The van der Waals surface area contributed by atoms with Crippen molar-refractivity contribution in [3.63, 3.8) is 0 Å². The third-order valence-corrected chi connectivity index (χ3v) is 5.27. The first kappa shape index (κ1) is 16.2. The minimum absolute atomic E-state index is 0.832. The van der Waals surface area contributed by atoms with E-state index in [-0.39, 0.29) is 0 Å². The van der Waals surface area contributed by atoms with Crippen LogP contribution in [0.3, 0.4) is 0 Å². The molecule has 0 saturated carbocycles. The van der Waals surface area contributed by atoms with Crippen LogP contribution in [-0.2, 0) is 0 Å². The molecule has 3 aromatic rings. The van der Waals surface area contributed by atoms with Crippen molar-refractivity contribution >= 4 is 81.7 Å². The van der Waals surface area contributed by atoms with Gasteiger partial charge in [0.25, 0.3) is 0 Å². The van der Waals surface area contributed by atoms with Crippen molar-refractivity contribution in [2.45, 2.75) is 6.92 Å². The number of hydrogen-bond donors (Lipinski definition) is 1. The van der Waals surface area contributed by atoms with Gasteiger partial charge in [0, 0.05) is 18.2 Å². The lowest BCUT2D eigenvalue weighted by Gasteiger charge is -1.95. The Hall–Kier alpha value is -0.180. The first-order valence-electron chi connectivity index (χ1n) is 5.69. The average molecular weight is 526 g/mol. The summed E-state index contributed by atoms with van der Waals surface area (Å²) in [6.07, 6.45) is 0. The summed E-state index contributed by atoms with van der Waals surface area (Å²) in [7, 11) is 0. The fraction of sp³-hybridized carbons (Fsp3) is 0.0714. The first-order valence-corrected chi connectivity index (χ1v) is 9.17. The SMILES string of the molecule is Cc1nc2ccc(Br)cc2s1.Nc1ccc(Br)cc1I. The number of nitrogens with zero attached hydrogens (tertiary/aromatic N) is 1. The molecule has 0 spiro atoms. The Morgan fingerprint density at radius 1 is 1.10 bits per heavy atom. The number of rotatable bonds is 0. The lowest BCUT2D eigenvalue weighted by molar-refractivity contribution is 1.35. The molecule has 0 bridgehead atoms. The maximum absolute atomic E-state index is 5.56. The largest absolute Gasteiger partial charge is 0.398 e. The zero-order valence-corrected chi connectivity index (χ0v) is 16.7. The Bertz CT molecular complexity index is 743. The molecule has 0 aliphatic heterocycles. The molecule has 2 N–H and O–H groups in total. The van der Waals surface area contributed by atoms with E-state index >= 15 is 0 Å². The molecule has 6 heteroatoms. The Kier molecular flexibility index (Phi) is 5.83. The molecule has 0 unspecified atom stereocenters. The molecule has 0 aliphatic rings. The van der Waals surface area contributed by atoms with Crippen LogP contribution in [0.2, 0.25) is 0 Å². The lowest BCUT2D eigenvalue weighted by Crippen LogP contribution is -1.86. The van der Waals surface area contributed by atoms with Gasteiger partial charge in [0.1, 0.15) is 0 Å². The van der Waals surface area contributed by atoms with E-state index in [1.165, 1.54) is 4.70 Å². The quantitative estimate of drug-likeness (QED) is 0.289. The smallest absolute Gasteiger partial charge is 0.0907 e. The second-order valence-corrected chi connectivity index (χ2v) is 8.24. The van der Waals surface area contributed by atoms with Gasteiger partial charge < -0.3 is 5.73 Å². The molecule has 0 aliphatic carbocycles. The average Bonchev–Trinajstić information content (AvgIpc) is 2.74. The summed E-state index contributed by atoms with van der Waals surface area (Å²) < 4.78 is 4.52. The zero-order chi connectivity index (χ0) is 14.7. The fourth-order valence-corrected chi connectivity index (χ4v) is 4.20. The molecule has 2 aromatic carbocycles. The van der Waals surface area contributed by atoms with Gasteiger partial charge in [-0.3, -0.25) is 0 Å². The Labute approximate surface area is 152 Å². The highest BCUT2D eigenvalue weighted by Gasteiger charge is 1.98. The molecular formula is C14H11Br2IN2S. The number of benzene rings is 2. The third kappa shape index (κ3) is 4.41. The van der Waals surface area contributed by atoms with E-state index in [2.05, 4.69) is 65.5 Å². The number of hydrogen-bond acceptors (Lipinski definition) is 3. The number of aromatic nitrogens is 1. The van der Waals surface area contributed by atoms with Crippen molar-refractivity contribution in [1.82, 2.24) is 4.98 Å². The van der Waals surface area contributed by atoms with Crippen LogP contribution in [0.4, 0.5) is 5.69 Å². The van der Waals surface area contributed by atoms with Gasteiger partial charge in [-0.2, -0.15) is 0 Å². The van der Waals surface area contributed by atoms with Gasteiger partial charge in [-0.15, -0.1) is 11.3 Å². The Morgan fingerprint density at radius 3 is 2.40 bits per heavy atom. The van der Waals surface area contributed by atoms with Crippen LogP contribution < -0.4 is 5.73 Å². The first-order chi connectivity index (χ1) is 9.45. The summed E-state index contributed by atoms with van der Waals surface area (Å²) in [6, 6.07) is 11.9.